The van der Waals surface area contributed by atoms with Crippen LogP contribution in [0.4, 0.5) is 5.69 Å². The van der Waals surface area contributed by atoms with Gasteiger partial charge in [0, 0.05) is 18.2 Å². The molecular weight excluding hydrogens is 250 g/mol. The minimum absolute atomic E-state index is 0.145. The summed E-state index contributed by atoms with van der Waals surface area (Å²) in [7, 11) is 0. The summed E-state index contributed by atoms with van der Waals surface area (Å²) in [6.07, 6.45) is 0.606. The van der Waals surface area contributed by atoms with Crippen LogP contribution in [-0.4, -0.2) is 30.5 Å². The first kappa shape index (κ1) is 14.9. The van der Waals surface area contributed by atoms with Gasteiger partial charge in [0.1, 0.15) is 0 Å². The summed E-state index contributed by atoms with van der Waals surface area (Å²) in [5, 5.41) is 13.5. The first-order chi connectivity index (χ1) is 9.10. The van der Waals surface area contributed by atoms with E-state index in [1.165, 1.54) is 18.2 Å². The van der Waals surface area contributed by atoms with Crippen molar-refractivity contribution >= 4 is 11.6 Å². The predicted molar refractivity (Wildman–Crippen MR) is 70.3 cm³/mol. The lowest BCUT2D eigenvalue weighted by Crippen LogP contribution is -2.22. The fraction of sp³-hybridized carbons (Fsp3) is 0.417. The number of nitrogens with two attached hydrogens (primary N) is 1. The monoisotopic (exact) mass is 267 g/mol. The van der Waals surface area contributed by atoms with E-state index < -0.39 is 4.92 Å². The largest absolute Gasteiger partial charge is 0.487 e. The summed E-state index contributed by atoms with van der Waals surface area (Å²) in [6.45, 7) is 2.99. The second-order valence-corrected chi connectivity index (χ2v) is 3.79. The van der Waals surface area contributed by atoms with Gasteiger partial charge in [-0.15, -0.1) is 0 Å². The number of ether oxygens (including phenoxy) is 1. The summed E-state index contributed by atoms with van der Waals surface area (Å²) in [4.78, 5) is 22.0. The average Bonchev–Trinajstić information content (AvgIpc) is 2.39. The summed E-state index contributed by atoms with van der Waals surface area (Å²) in [5.41, 5.74) is 5.34. The highest BCUT2D eigenvalue weighted by atomic mass is 16.6. The van der Waals surface area contributed by atoms with E-state index in [-0.39, 0.29) is 22.9 Å². The number of benzene rings is 1. The van der Waals surface area contributed by atoms with Crippen molar-refractivity contribution in [3.63, 3.8) is 0 Å². The van der Waals surface area contributed by atoms with E-state index in [4.69, 9.17) is 10.5 Å². The fourth-order valence-corrected chi connectivity index (χ4v) is 1.45. The predicted octanol–water partition coefficient (Wildman–Crippen LogP) is 1.07. The molecule has 0 saturated carbocycles. The molecule has 19 heavy (non-hydrogen) atoms. The van der Waals surface area contributed by atoms with Crippen molar-refractivity contribution in [2.24, 2.45) is 5.73 Å². The molecule has 104 valence electrons. The number of amides is 1. The minimum atomic E-state index is -0.569. The number of rotatable bonds is 7. The van der Waals surface area contributed by atoms with E-state index in [0.29, 0.717) is 26.1 Å². The van der Waals surface area contributed by atoms with Gasteiger partial charge in [-0.3, -0.25) is 14.9 Å². The number of nitro benzene ring substituents is 1. The lowest BCUT2D eigenvalue weighted by Gasteiger charge is -2.07. The van der Waals surface area contributed by atoms with Gasteiger partial charge in [0.05, 0.1) is 11.5 Å². The van der Waals surface area contributed by atoms with Gasteiger partial charge in [0.15, 0.2) is 5.75 Å². The van der Waals surface area contributed by atoms with Crippen LogP contribution in [0.15, 0.2) is 18.2 Å². The van der Waals surface area contributed by atoms with Crippen LogP contribution < -0.4 is 15.8 Å². The Bertz CT molecular complexity index is 462. The number of hydrogen-bond acceptors (Lipinski definition) is 5. The molecule has 0 aliphatic heterocycles. The Morgan fingerprint density at radius 3 is 2.84 bits per heavy atom. The lowest BCUT2D eigenvalue weighted by molar-refractivity contribution is -0.385. The molecule has 1 amide bonds. The van der Waals surface area contributed by atoms with Crippen LogP contribution in [0.1, 0.15) is 23.7 Å². The van der Waals surface area contributed by atoms with Crippen molar-refractivity contribution in [3.8, 4) is 5.75 Å². The van der Waals surface area contributed by atoms with E-state index in [1.54, 1.807) is 6.92 Å². The Balaban J connectivity index is 2.94. The van der Waals surface area contributed by atoms with Crippen LogP contribution in [0.3, 0.4) is 0 Å². The van der Waals surface area contributed by atoms with E-state index in [9.17, 15) is 14.9 Å². The molecule has 0 spiro atoms. The number of hydrogen-bond donors (Lipinski definition) is 2. The maximum atomic E-state index is 11.6. The number of carbonyl (C=O) groups is 1. The molecule has 0 bridgehead atoms. The smallest absolute Gasteiger partial charge is 0.311 e. The van der Waals surface area contributed by atoms with Crippen LogP contribution in [0, 0.1) is 10.1 Å². The van der Waals surface area contributed by atoms with E-state index >= 15 is 0 Å². The third-order valence-corrected chi connectivity index (χ3v) is 2.36. The van der Waals surface area contributed by atoms with Gasteiger partial charge < -0.3 is 15.8 Å². The van der Waals surface area contributed by atoms with Crippen LogP contribution in [0.25, 0.3) is 0 Å². The molecule has 1 aromatic rings. The van der Waals surface area contributed by atoms with Crippen molar-refractivity contribution in [2.45, 2.75) is 13.3 Å². The molecule has 0 radical (unpaired) electrons. The second-order valence-electron chi connectivity index (χ2n) is 3.79. The van der Waals surface area contributed by atoms with Gasteiger partial charge in [0.2, 0.25) is 0 Å². The Hall–Kier alpha value is -2.15. The Kier molecular flexibility index (Phi) is 5.74. The van der Waals surface area contributed by atoms with Gasteiger partial charge in [-0.1, -0.05) is 0 Å². The molecule has 0 aliphatic carbocycles. The first-order valence-corrected chi connectivity index (χ1v) is 5.99. The van der Waals surface area contributed by atoms with Gasteiger partial charge >= 0.3 is 5.69 Å². The summed E-state index contributed by atoms with van der Waals surface area (Å²) in [5.74, 6) is -0.203. The van der Waals surface area contributed by atoms with Crippen molar-refractivity contribution in [1.29, 1.82) is 0 Å². The average molecular weight is 267 g/mol. The lowest BCUT2D eigenvalue weighted by atomic mass is 10.1. The van der Waals surface area contributed by atoms with Gasteiger partial charge in [0.25, 0.3) is 5.91 Å². The normalized spacial score (nSPS) is 10.0. The fourth-order valence-electron chi connectivity index (χ4n) is 1.45. The van der Waals surface area contributed by atoms with Gasteiger partial charge in [-0.2, -0.15) is 0 Å². The second kappa shape index (κ2) is 7.32. The van der Waals surface area contributed by atoms with Gasteiger partial charge in [-0.05, 0) is 32.0 Å². The van der Waals surface area contributed by atoms with Crippen molar-refractivity contribution in [2.75, 3.05) is 19.7 Å². The molecule has 1 aromatic carbocycles. The standard InChI is InChI=1S/C12H17N3O4/c1-2-14-12(16)9-4-5-11(19-7-3-6-13)10(8-9)15(17)18/h4-5,8H,2-3,6-7,13H2,1H3,(H,14,16). The summed E-state index contributed by atoms with van der Waals surface area (Å²) >= 11 is 0. The van der Waals surface area contributed by atoms with Crippen LogP contribution in [0.2, 0.25) is 0 Å². The van der Waals surface area contributed by atoms with Gasteiger partial charge in [-0.25, -0.2) is 0 Å². The zero-order chi connectivity index (χ0) is 14.3. The molecule has 7 heteroatoms. The maximum absolute atomic E-state index is 11.6. The highest BCUT2D eigenvalue weighted by molar-refractivity contribution is 5.95. The Morgan fingerprint density at radius 1 is 1.53 bits per heavy atom. The number of nitro groups is 1. The summed E-state index contributed by atoms with van der Waals surface area (Å²) < 4.78 is 5.28. The minimum Gasteiger partial charge on any atom is -0.487 e. The van der Waals surface area contributed by atoms with Crippen molar-refractivity contribution in [3.05, 3.63) is 33.9 Å². The van der Waals surface area contributed by atoms with E-state index in [1.807, 2.05) is 0 Å². The third kappa shape index (κ3) is 4.22. The highest BCUT2D eigenvalue weighted by Gasteiger charge is 2.18. The molecule has 0 aliphatic rings. The number of nitrogens with zero attached hydrogens (tertiary/aromatic N) is 1. The van der Waals surface area contributed by atoms with Crippen molar-refractivity contribution < 1.29 is 14.5 Å². The van der Waals surface area contributed by atoms with Crippen LogP contribution in [0.5, 0.6) is 5.75 Å². The van der Waals surface area contributed by atoms with E-state index in [2.05, 4.69) is 5.32 Å². The number of carbonyl (C=O) groups excluding carboxylic acids is 1. The summed E-state index contributed by atoms with van der Waals surface area (Å²) in [6, 6.07) is 4.14. The first-order valence-electron chi connectivity index (χ1n) is 5.99. The van der Waals surface area contributed by atoms with Crippen LogP contribution in [-0.2, 0) is 0 Å². The molecule has 0 unspecified atom stereocenters. The Morgan fingerprint density at radius 2 is 2.26 bits per heavy atom. The van der Waals surface area contributed by atoms with Crippen LogP contribution >= 0.6 is 0 Å². The zero-order valence-corrected chi connectivity index (χ0v) is 10.7. The molecule has 3 N–H and O–H groups in total. The molecule has 0 aromatic heterocycles. The maximum Gasteiger partial charge on any atom is 0.311 e. The van der Waals surface area contributed by atoms with E-state index in [0.717, 1.165) is 0 Å². The quantitative estimate of drug-likeness (QED) is 0.436. The SMILES string of the molecule is CCNC(=O)c1ccc(OCCCN)c([N+](=O)[O-])c1. The number of nitrogens with one attached hydrogen (secondary N) is 1. The molecule has 0 heterocycles. The topological polar surface area (TPSA) is 107 Å². The molecule has 0 atom stereocenters. The Labute approximate surface area is 110 Å². The molecule has 1 rings (SSSR count). The molecule has 7 nitrogen and oxygen atoms in total. The molecule has 0 saturated heterocycles. The zero-order valence-electron chi connectivity index (χ0n) is 10.7. The highest BCUT2D eigenvalue weighted by Crippen LogP contribution is 2.28. The molecule has 0 fully saturated rings. The molecular formula is C12H17N3O4. The van der Waals surface area contributed by atoms with Crippen molar-refractivity contribution in [1.82, 2.24) is 5.32 Å². The third-order valence-electron chi connectivity index (χ3n) is 2.36.